The second-order valence-electron chi connectivity index (χ2n) is 16.4. The van der Waals surface area contributed by atoms with Crippen LogP contribution in [0.5, 0.6) is 0 Å². The maximum absolute atomic E-state index is 13.9. The van der Waals surface area contributed by atoms with Crippen LogP contribution in [0.15, 0.2) is 212 Å². The molecule has 11 heteroatoms. The van der Waals surface area contributed by atoms with E-state index in [1.54, 1.807) is 36.4 Å². The molecule has 2 amide bonds. The largest absolute Gasteiger partial charge is 0.356 e. The minimum atomic E-state index is -2.03. The molecule has 0 spiro atoms. The molecule has 0 unspecified atom stereocenters. The molecule has 6 nitrogen and oxygen atoms in total. The molecule has 4 N–H and O–H groups in total. The lowest BCUT2D eigenvalue weighted by atomic mass is 10.0. The molecule has 9 aromatic carbocycles. The highest BCUT2D eigenvalue weighted by molar-refractivity contribution is 6.05. The van der Waals surface area contributed by atoms with Gasteiger partial charge >= 0.3 is 0 Å². The molecular formula is C59H45F5N4O2. The highest BCUT2D eigenvalue weighted by Crippen LogP contribution is 2.24. The summed E-state index contributed by atoms with van der Waals surface area (Å²) in [5, 5.41) is 11.9. The standard InChI is InChI=1S/C33H24F4N2O.C26H21FN2O/c34-29-20-28(30(35)32(37)31(29)36)33(40)39-27-16-10-24(11-17-27)19-23-8-14-26(15-9-23)38-25-12-6-22(7-13-25)18-21-4-2-1-3-5-21;27-25-9-5-4-8-24(25)26(30)29-23-16-12-20(13-17-23)18-19-10-14-22(15-11-19)28-21-6-2-1-3-7-21/h1-17,20,38H,18-19H2,(H,39,40);1-17,28H,18H2,(H,29,30). The van der Waals surface area contributed by atoms with Crippen LogP contribution in [-0.4, -0.2) is 11.8 Å². The van der Waals surface area contributed by atoms with E-state index < -0.39 is 46.5 Å². The molecular weight excluding hydrogens is 892 g/mol. The Morgan fingerprint density at radius 2 is 0.629 bits per heavy atom. The van der Waals surface area contributed by atoms with Gasteiger partial charge in [0.1, 0.15) is 5.82 Å². The number of carbonyl (C=O) groups is 2. The molecule has 9 aromatic rings. The second-order valence-corrected chi connectivity index (χ2v) is 16.4. The van der Waals surface area contributed by atoms with Crippen LogP contribution in [0.2, 0.25) is 0 Å². The molecule has 0 heterocycles. The topological polar surface area (TPSA) is 82.3 Å². The molecule has 0 fully saturated rings. The van der Waals surface area contributed by atoms with Gasteiger partial charge in [-0.2, -0.15) is 0 Å². The number of carbonyl (C=O) groups excluding carboxylic acids is 2. The number of para-hydroxylation sites is 1. The molecule has 0 radical (unpaired) electrons. The van der Waals surface area contributed by atoms with Crippen LogP contribution < -0.4 is 21.3 Å². The predicted molar refractivity (Wildman–Crippen MR) is 269 cm³/mol. The Labute approximate surface area is 402 Å². The van der Waals surface area contributed by atoms with Crippen molar-refractivity contribution in [2.24, 2.45) is 0 Å². The zero-order valence-corrected chi connectivity index (χ0v) is 37.5. The first-order valence-electron chi connectivity index (χ1n) is 22.3. The number of hydrogen-bond acceptors (Lipinski definition) is 4. The maximum Gasteiger partial charge on any atom is 0.258 e. The van der Waals surface area contributed by atoms with Crippen molar-refractivity contribution in [2.45, 2.75) is 19.3 Å². The fourth-order valence-corrected chi connectivity index (χ4v) is 7.47. The van der Waals surface area contributed by atoms with Crippen molar-refractivity contribution in [3.8, 4) is 0 Å². The Kier molecular flexibility index (Phi) is 15.5. The molecule has 0 aromatic heterocycles. The number of hydrogen-bond donors (Lipinski definition) is 4. The van der Waals surface area contributed by atoms with Crippen LogP contribution in [0.1, 0.15) is 54.1 Å². The third kappa shape index (κ3) is 13.0. The quantitative estimate of drug-likeness (QED) is 0.0497. The van der Waals surface area contributed by atoms with Crippen molar-refractivity contribution in [2.75, 3.05) is 21.3 Å². The average Bonchev–Trinajstić information content (AvgIpc) is 3.38. The smallest absolute Gasteiger partial charge is 0.258 e. The molecule has 348 valence electrons. The molecule has 0 bridgehead atoms. The molecule has 0 aliphatic rings. The summed E-state index contributed by atoms with van der Waals surface area (Å²) in [5.74, 6) is -9.45. The van der Waals surface area contributed by atoms with Gasteiger partial charge in [-0.25, -0.2) is 22.0 Å². The minimum absolute atomic E-state index is 0.0331. The SMILES string of the molecule is O=C(Nc1ccc(Cc2ccc(Nc3ccc(Cc4ccccc4)cc3)cc2)cc1)c1cc(F)c(F)c(F)c1F.O=C(Nc1ccc(Cc2ccc(Nc3ccccc3)cc2)cc1)c1ccccc1F. The molecule has 9 rings (SSSR count). The predicted octanol–water partition coefficient (Wildman–Crippen LogP) is 14.8. The van der Waals surface area contributed by atoms with Gasteiger partial charge in [-0.15, -0.1) is 0 Å². The van der Waals surface area contributed by atoms with E-state index in [-0.39, 0.29) is 5.56 Å². The van der Waals surface area contributed by atoms with Crippen LogP contribution >= 0.6 is 0 Å². The van der Waals surface area contributed by atoms with Crippen LogP contribution in [0.3, 0.4) is 0 Å². The van der Waals surface area contributed by atoms with Gasteiger partial charge in [0.25, 0.3) is 11.8 Å². The van der Waals surface area contributed by atoms with Crippen molar-refractivity contribution >= 4 is 45.9 Å². The van der Waals surface area contributed by atoms with Gasteiger partial charge < -0.3 is 21.3 Å². The van der Waals surface area contributed by atoms with Crippen molar-refractivity contribution in [1.82, 2.24) is 0 Å². The van der Waals surface area contributed by atoms with Gasteiger partial charge in [0.15, 0.2) is 23.3 Å². The summed E-state index contributed by atoms with van der Waals surface area (Å²) < 4.78 is 67.7. The molecule has 0 saturated heterocycles. The normalized spacial score (nSPS) is 10.6. The van der Waals surface area contributed by atoms with E-state index in [1.165, 1.54) is 28.8 Å². The van der Waals surface area contributed by atoms with Crippen LogP contribution in [0.25, 0.3) is 0 Å². The van der Waals surface area contributed by atoms with Crippen molar-refractivity contribution in [3.05, 3.63) is 286 Å². The summed E-state index contributed by atoms with van der Waals surface area (Å²) in [6.07, 6.45) is 2.30. The van der Waals surface area contributed by atoms with Crippen molar-refractivity contribution < 1.29 is 31.5 Å². The van der Waals surface area contributed by atoms with E-state index in [9.17, 15) is 31.5 Å². The first-order valence-corrected chi connectivity index (χ1v) is 22.3. The zero-order valence-electron chi connectivity index (χ0n) is 37.5. The minimum Gasteiger partial charge on any atom is -0.356 e. The van der Waals surface area contributed by atoms with Gasteiger partial charge in [-0.1, -0.05) is 121 Å². The lowest BCUT2D eigenvalue weighted by Crippen LogP contribution is -2.16. The van der Waals surface area contributed by atoms with E-state index in [0.29, 0.717) is 23.9 Å². The highest BCUT2D eigenvalue weighted by atomic mass is 19.2. The van der Waals surface area contributed by atoms with Gasteiger partial charge in [-0.3, -0.25) is 9.59 Å². The number of benzene rings is 9. The Morgan fingerprint density at radius 3 is 1.04 bits per heavy atom. The van der Waals surface area contributed by atoms with E-state index in [2.05, 4.69) is 81.9 Å². The van der Waals surface area contributed by atoms with E-state index in [1.807, 2.05) is 97.1 Å². The average molecular weight is 937 g/mol. The lowest BCUT2D eigenvalue weighted by molar-refractivity contribution is 0.101. The monoisotopic (exact) mass is 936 g/mol. The third-order valence-electron chi connectivity index (χ3n) is 11.2. The number of amides is 2. The number of anilines is 6. The lowest BCUT2D eigenvalue weighted by Gasteiger charge is -2.10. The van der Waals surface area contributed by atoms with E-state index in [0.717, 1.165) is 52.3 Å². The Morgan fingerprint density at radius 1 is 0.300 bits per heavy atom. The van der Waals surface area contributed by atoms with Gasteiger partial charge in [0.05, 0.1) is 11.1 Å². The molecule has 0 aliphatic carbocycles. The number of nitrogens with one attached hydrogen (secondary N) is 4. The van der Waals surface area contributed by atoms with Crippen LogP contribution in [0, 0.1) is 29.1 Å². The zero-order chi connectivity index (χ0) is 48.8. The summed E-state index contributed by atoms with van der Waals surface area (Å²) in [6, 6.07) is 65.7. The molecule has 0 saturated carbocycles. The molecule has 0 atom stereocenters. The maximum atomic E-state index is 13.9. The van der Waals surface area contributed by atoms with E-state index in [4.69, 9.17) is 0 Å². The fraction of sp³-hybridized carbons (Fsp3) is 0.0508. The fourth-order valence-electron chi connectivity index (χ4n) is 7.47. The Balaban J connectivity index is 0.000000196. The highest BCUT2D eigenvalue weighted by Gasteiger charge is 2.23. The summed E-state index contributed by atoms with van der Waals surface area (Å²) in [7, 11) is 0. The van der Waals surface area contributed by atoms with Gasteiger partial charge in [0.2, 0.25) is 0 Å². The number of halogens is 5. The molecule has 70 heavy (non-hydrogen) atoms. The van der Waals surface area contributed by atoms with Crippen molar-refractivity contribution in [3.63, 3.8) is 0 Å². The Bertz CT molecular complexity index is 3170. The summed E-state index contributed by atoms with van der Waals surface area (Å²) in [6.45, 7) is 0. The van der Waals surface area contributed by atoms with E-state index >= 15 is 0 Å². The molecule has 0 aliphatic heterocycles. The van der Waals surface area contributed by atoms with Crippen molar-refractivity contribution in [1.29, 1.82) is 0 Å². The summed E-state index contributed by atoms with van der Waals surface area (Å²) >= 11 is 0. The number of rotatable bonds is 14. The third-order valence-corrected chi connectivity index (χ3v) is 11.2. The Hall–Kier alpha value is -8.83. The summed E-state index contributed by atoms with van der Waals surface area (Å²) in [5.41, 5.74) is 10.9. The van der Waals surface area contributed by atoms with Gasteiger partial charge in [0, 0.05) is 34.1 Å². The second kappa shape index (κ2) is 22.8. The van der Waals surface area contributed by atoms with Crippen LogP contribution in [-0.2, 0) is 19.3 Å². The van der Waals surface area contributed by atoms with Crippen LogP contribution in [0.4, 0.5) is 56.1 Å². The first-order chi connectivity index (χ1) is 34.0. The summed E-state index contributed by atoms with van der Waals surface area (Å²) in [4.78, 5) is 24.5. The van der Waals surface area contributed by atoms with Gasteiger partial charge in [-0.05, 0) is 144 Å². The first kappa shape index (κ1) is 47.7.